The molecule has 4 nitrogen and oxygen atoms in total. The summed E-state index contributed by atoms with van der Waals surface area (Å²) in [4.78, 5) is 21.8. The van der Waals surface area contributed by atoms with E-state index >= 15 is 0 Å². The van der Waals surface area contributed by atoms with E-state index in [4.69, 9.17) is 0 Å². The first-order valence-electron chi connectivity index (χ1n) is 3.36. The maximum Gasteiger partial charge on any atom is 0.307 e. The largest absolute Gasteiger partial charge is 0.469 e. The van der Waals surface area contributed by atoms with Gasteiger partial charge in [-0.15, -0.1) is 0 Å². The number of thioether (sulfide) groups is 1. The van der Waals surface area contributed by atoms with Crippen LogP contribution < -0.4 is 5.32 Å². The zero-order valence-electron chi connectivity index (χ0n) is 6.62. The van der Waals surface area contributed by atoms with Crippen molar-refractivity contribution in [2.75, 3.05) is 7.11 Å². The Bertz CT molecular complexity index is 239. The predicted molar refractivity (Wildman–Crippen MR) is 45.3 cm³/mol. The van der Waals surface area contributed by atoms with Gasteiger partial charge in [-0.25, -0.2) is 0 Å². The minimum absolute atomic E-state index is 0.103. The number of carbonyl (C=O) groups is 2. The monoisotopic (exact) mass is 187 g/mol. The molecule has 1 N–H and O–H groups in total. The molecule has 0 aromatic heterocycles. The first kappa shape index (κ1) is 9.12. The molecule has 0 aromatic carbocycles. The molecule has 1 rings (SSSR count). The van der Waals surface area contributed by atoms with E-state index in [1.807, 2.05) is 0 Å². The van der Waals surface area contributed by atoms with Gasteiger partial charge in [0.2, 0.25) is 5.91 Å². The van der Waals surface area contributed by atoms with Gasteiger partial charge in [-0.05, 0) is 0 Å². The van der Waals surface area contributed by atoms with Crippen molar-refractivity contribution >= 4 is 23.6 Å². The number of esters is 1. The van der Waals surface area contributed by atoms with E-state index in [0.717, 1.165) is 0 Å². The van der Waals surface area contributed by atoms with Crippen molar-refractivity contribution < 1.29 is 14.3 Å². The molecule has 0 aliphatic carbocycles. The van der Waals surface area contributed by atoms with E-state index in [-0.39, 0.29) is 23.5 Å². The summed E-state index contributed by atoms with van der Waals surface area (Å²) in [5.74, 6) is -0.548. The Labute approximate surface area is 74.3 Å². The highest BCUT2D eigenvalue weighted by Crippen LogP contribution is 2.27. The van der Waals surface area contributed by atoms with Crippen molar-refractivity contribution in [3.8, 4) is 0 Å². The van der Waals surface area contributed by atoms with Crippen LogP contribution in [0.3, 0.4) is 0 Å². The van der Waals surface area contributed by atoms with E-state index < -0.39 is 0 Å². The lowest BCUT2D eigenvalue weighted by Gasteiger charge is -2.01. The smallest absolute Gasteiger partial charge is 0.307 e. The minimum atomic E-state index is -0.377. The number of amides is 1. The highest BCUT2D eigenvalue weighted by atomic mass is 32.2. The number of methoxy groups -OCH3 is 1. The van der Waals surface area contributed by atoms with Crippen molar-refractivity contribution in [1.82, 2.24) is 5.32 Å². The Morgan fingerprint density at radius 2 is 2.50 bits per heavy atom. The number of hydrogen-bond acceptors (Lipinski definition) is 4. The number of carbonyl (C=O) groups excluding carboxylic acids is 2. The Hall–Kier alpha value is -0.970. The lowest BCUT2D eigenvalue weighted by atomic mass is 10.3. The van der Waals surface area contributed by atoms with Crippen LogP contribution in [0.1, 0.15) is 6.42 Å². The summed E-state index contributed by atoms with van der Waals surface area (Å²) in [6.07, 6.45) is 0.103. The molecule has 0 spiro atoms. The lowest BCUT2D eigenvalue weighted by molar-refractivity contribution is -0.141. The molecule has 1 saturated heterocycles. The summed E-state index contributed by atoms with van der Waals surface area (Å²) < 4.78 is 4.43. The van der Waals surface area contributed by atoms with Crippen LogP contribution in [0.4, 0.5) is 0 Å². The van der Waals surface area contributed by atoms with Crippen LogP contribution >= 0.6 is 11.8 Å². The topological polar surface area (TPSA) is 55.4 Å². The molecule has 0 radical (unpaired) electrons. The molecule has 1 fully saturated rings. The molecule has 1 aliphatic heterocycles. The highest BCUT2D eigenvalue weighted by Gasteiger charge is 2.30. The van der Waals surface area contributed by atoms with Crippen LogP contribution in [0.2, 0.25) is 0 Å². The quantitative estimate of drug-likeness (QED) is 0.630. The van der Waals surface area contributed by atoms with E-state index in [1.165, 1.54) is 18.9 Å². The fraction of sp³-hybridized carbons (Fsp3) is 0.429. The Kier molecular flexibility index (Phi) is 2.75. The average molecular weight is 187 g/mol. The van der Waals surface area contributed by atoms with E-state index in [0.29, 0.717) is 5.03 Å². The Morgan fingerprint density at radius 1 is 1.83 bits per heavy atom. The van der Waals surface area contributed by atoms with Crippen LogP contribution in [-0.4, -0.2) is 24.2 Å². The second-order valence-electron chi connectivity index (χ2n) is 2.30. The summed E-state index contributed by atoms with van der Waals surface area (Å²) in [6, 6.07) is 0. The molecule has 1 atom stereocenters. The molecule has 12 heavy (non-hydrogen) atoms. The number of hydrogen-bond donors (Lipinski definition) is 1. The maximum absolute atomic E-state index is 11.0. The van der Waals surface area contributed by atoms with Gasteiger partial charge in [0, 0.05) is 0 Å². The van der Waals surface area contributed by atoms with Gasteiger partial charge in [0.05, 0.1) is 18.6 Å². The third-order valence-corrected chi connectivity index (χ3v) is 2.47. The van der Waals surface area contributed by atoms with Gasteiger partial charge in [0.15, 0.2) is 0 Å². The first-order chi connectivity index (χ1) is 5.63. The molecule has 5 heteroatoms. The van der Waals surface area contributed by atoms with Gasteiger partial charge in [0.25, 0.3) is 0 Å². The second kappa shape index (κ2) is 3.62. The standard InChI is InChI=1S/C7H9NO3S/c1-4-8-7(10)5(12-4)3-6(9)11-2/h5H,1,3H2,2H3,(H,8,10). The van der Waals surface area contributed by atoms with Gasteiger partial charge >= 0.3 is 5.97 Å². The maximum atomic E-state index is 11.0. The molecule has 0 aromatic rings. The van der Waals surface area contributed by atoms with Crippen LogP contribution in [0.15, 0.2) is 11.6 Å². The summed E-state index contributed by atoms with van der Waals surface area (Å²) in [5, 5.41) is 2.74. The van der Waals surface area contributed by atoms with E-state index in [9.17, 15) is 9.59 Å². The van der Waals surface area contributed by atoms with Crippen LogP contribution in [0.25, 0.3) is 0 Å². The third-order valence-electron chi connectivity index (χ3n) is 1.42. The second-order valence-corrected chi connectivity index (χ2v) is 3.60. The van der Waals surface area contributed by atoms with Gasteiger partial charge in [-0.2, -0.15) is 0 Å². The SMILES string of the molecule is C=C1NC(=O)C(CC(=O)OC)S1. The van der Waals surface area contributed by atoms with Crippen molar-refractivity contribution in [1.29, 1.82) is 0 Å². The van der Waals surface area contributed by atoms with Crippen molar-refractivity contribution in [3.63, 3.8) is 0 Å². The summed E-state index contributed by atoms with van der Waals surface area (Å²) in [5.41, 5.74) is 0. The number of ether oxygens (including phenoxy) is 1. The molecule has 0 saturated carbocycles. The van der Waals surface area contributed by atoms with Crippen LogP contribution in [0.5, 0.6) is 0 Å². The molecule has 1 unspecified atom stereocenters. The summed E-state index contributed by atoms with van der Waals surface area (Å²) in [6.45, 7) is 3.57. The van der Waals surface area contributed by atoms with Crippen LogP contribution in [-0.2, 0) is 14.3 Å². The highest BCUT2D eigenvalue weighted by molar-refractivity contribution is 8.04. The summed E-state index contributed by atoms with van der Waals surface area (Å²) >= 11 is 1.26. The van der Waals surface area contributed by atoms with Crippen molar-refractivity contribution in [2.45, 2.75) is 11.7 Å². The first-order valence-corrected chi connectivity index (χ1v) is 4.24. The van der Waals surface area contributed by atoms with E-state index in [2.05, 4.69) is 16.6 Å². The van der Waals surface area contributed by atoms with Crippen LogP contribution in [0, 0.1) is 0 Å². The molecule has 1 aliphatic rings. The molecular formula is C7H9NO3S. The molecule has 1 amide bonds. The van der Waals surface area contributed by atoms with Gasteiger partial charge in [0.1, 0.15) is 5.25 Å². The van der Waals surface area contributed by atoms with E-state index in [1.54, 1.807) is 0 Å². The lowest BCUT2D eigenvalue weighted by Crippen LogP contribution is -2.24. The minimum Gasteiger partial charge on any atom is -0.469 e. The fourth-order valence-corrected chi connectivity index (χ4v) is 1.73. The number of nitrogens with one attached hydrogen (secondary N) is 1. The average Bonchev–Trinajstić information content (AvgIpc) is 2.30. The summed E-state index contributed by atoms with van der Waals surface area (Å²) in [7, 11) is 1.30. The van der Waals surface area contributed by atoms with Gasteiger partial charge < -0.3 is 10.1 Å². The molecule has 0 bridgehead atoms. The molecule has 66 valence electrons. The molecule has 1 heterocycles. The zero-order chi connectivity index (χ0) is 9.14. The predicted octanol–water partition coefficient (Wildman–Crippen LogP) is 0.252. The Balaban J connectivity index is 2.48. The molecular weight excluding hydrogens is 178 g/mol. The number of rotatable bonds is 2. The Morgan fingerprint density at radius 3 is 2.92 bits per heavy atom. The fourth-order valence-electron chi connectivity index (χ4n) is 0.842. The van der Waals surface area contributed by atoms with Crippen molar-refractivity contribution in [2.24, 2.45) is 0 Å². The van der Waals surface area contributed by atoms with Gasteiger partial charge in [-0.1, -0.05) is 18.3 Å². The normalized spacial score (nSPS) is 22.2. The third kappa shape index (κ3) is 2.01. The van der Waals surface area contributed by atoms with Gasteiger partial charge in [-0.3, -0.25) is 9.59 Å². The zero-order valence-corrected chi connectivity index (χ0v) is 7.44. The van der Waals surface area contributed by atoms with Crippen molar-refractivity contribution in [3.05, 3.63) is 11.6 Å².